The normalized spacial score (nSPS) is 10.1. The fraction of sp³-hybridized carbons (Fsp3) is 0.250. The number of aromatic nitrogens is 1. The van der Waals surface area contributed by atoms with Gasteiger partial charge in [0.15, 0.2) is 0 Å². The zero-order chi connectivity index (χ0) is 10.2. The number of aryl methyl sites for hydroxylation is 1. The van der Waals surface area contributed by atoms with Gasteiger partial charge in [-0.2, -0.15) is 0 Å². The number of aromatic carboxylic acids is 1. The molecule has 1 heterocycles. The zero-order valence-electron chi connectivity index (χ0n) is 7.26. The van der Waals surface area contributed by atoms with Crippen LogP contribution in [0.2, 0.25) is 5.15 Å². The molecule has 0 atom stereocenters. The Morgan fingerprint density at radius 1 is 1.54 bits per heavy atom. The summed E-state index contributed by atoms with van der Waals surface area (Å²) < 4.78 is 0. The van der Waals surface area contributed by atoms with Gasteiger partial charge in [-0.3, -0.25) is 0 Å². The average Bonchev–Trinajstić information content (AvgIpc) is 1.99. The maximum atomic E-state index is 10.7. The summed E-state index contributed by atoms with van der Waals surface area (Å²) in [6.07, 6.45) is 0. The van der Waals surface area contributed by atoms with Crippen LogP contribution in [0.4, 0.5) is 5.69 Å². The number of nitrogens with two attached hydrogens (primary N) is 1. The summed E-state index contributed by atoms with van der Waals surface area (Å²) in [5.41, 5.74) is 6.97. The Labute approximate surface area is 80.3 Å². The van der Waals surface area contributed by atoms with Crippen LogP contribution in [0.3, 0.4) is 0 Å². The second-order valence-corrected chi connectivity index (χ2v) is 3.06. The van der Waals surface area contributed by atoms with E-state index in [1.165, 1.54) is 0 Å². The van der Waals surface area contributed by atoms with Gasteiger partial charge in [0, 0.05) is 0 Å². The Kier molecular flexibility index (Phi) is 2.43. The number of hydrogen-bond acceptors (Lipinski definition) is 3. The summed E-state index contributed by atoms with van der Waals surface area (Å²) in [6, 6.07) is 0. The van der Waals surface area contributed by atoms with E-state index in [1.807, 2.05) is 0 Å². The van der Waals surface area contributed by atoms with Crippen LogP contribution in [0.1, 0.15) is 21.6 Å². The molecular weight excluding hydrogens is 192 g/mol. The van der Waals surface area contributed by atoms with Crippen LogP contribution in [-0.4, -0.2) is 16.1 Å². The number of nitrogens with zero attached hydrogens (tertiary/aromatic N) is 1. The van der Waals surface area contributed by atoms with E-state index in [-0.39, 0.29) is 10.7 Å². The highest BCUT2D eigenvalue weighted by atomic mass is 35.5. The predicted octanol–water partition coefficient (Wildman–Crippen LogP) is 1.63. The molecule has 1 aromatic heterocycles. The summed E-state index contributed by atoms with van der Waals surface area (Å²) in [7, 11) is 0. The maximum Gasteiger partial charge on any atom is 0.339 e. The lowest BCUT2D eigenvalue weighted by atomic mass is 10.1. The van der Waals surface area contributed by atoms with Gasteiger partial charge in [0.25, 0.3) is 0 Å². The first-order valence-electron chi connectivity index (χ1n) is 3.60. The number of nitrogen functional groups attached to an aromatic ring is 1. The molecule has 0 fully saturated rings. The highest BCUT2D eigenvalue weighted by molar-refractivity contribution is 6.32. The molecule has 0 radical (unpaired) electrons. The number of anilines is 1. The molecule has 0 aliphatic rings. The predicted molar refractivity (Wildman–Crippen MR) is 50.1 cm³/mol. The van der Waals surface area contributed by atoms with Crippen molar-refractivity contribution in [2.75, 3.05) is 5.73 Å². The van der Waals surface area contributed by atoms with Gasteiger partial charge in [0.05, 0.1) is 11.4 Å². The topological polar surface area (TPSA) is 76.2 Å². The van der Waals surface area contributed by atoms with Crippen molar-refractivity contribution in [3.05, 3.63) is 22.0 Å². The molecule has 0 unspecified atom stereocenters. The molecule has 0 saturated heterocycles. The third-order valence-corrected chi connectivity index (χ3v) is 2.13. The number of carboxylic acids is 1. The molecule has 13 heavy (non-hydrogen) atoms. The van der Waals surface area contributed by atoms with E-state index in [0.29, 0.717) is 16.9 Å². The van der Waals surface area contributed by atoms with Gasteiger partial charge in [-0.1, -0.05) is 11.6 Å². The summed E-state index contributed by atoms with van der Waals surface area (Å²) in [5.74, 6) is -1.11. The van der Waals surface area contributed by atoms with Gasteiger partial charge in [0.2, 0.25) is 0 Å². The smallest absolute Gasteiger partial charge is 0.339 e. The Hall–Kier alpha value is -1.29. The van der Waals surface area contributed by atoms with Gasteiger partial charge in [-0.05, 0) is 19.4 Å². The van der Waals surface area contributed by atoms with E-state index in [4.69, 9.17) is 22.4 Å². The van der Waals surface area contributed by atoms with Gasteiger partial charge < -0.3 is 10.8 Å². The molecule has 4 nitrogen and oxygen atoms in total. The minimum atomic E-state index is -1.11. The lowest BCUT2D eigenvalue weighted by Gasteiger charge is -2.08. The molecular formula is C8H9ClN2O2. The average molecular weight is 201 g/mol. The molecule has 3 N–H and O–H groups in total. The largest absolute Gasteiger partial charge is 0.478 e. The fourth-order valence-electron chi connectivity index (χ4n) is 1.07. The monoisotopic (exact) mass is 200 g/mol. The minimum Gasteiger partial charge on any atom is -0.478 e. The summed E-state index contributed by atoms with van der Waals surface area (Å²) >= 11 is 5.65. The van der Waals surface area contributed by atoms with E-state index in [0.717, 1.165) is 0 Å². The van der Waals surface area contributed by atoms with Crippen molar-refractivity contribution >= 4 is 23.3 Å². The fourth-order valence-corrected chi connectivity index (χ4v) is 1.42. The Morgan fingerprint density at radius 2 is 2.08 bits per heavy atom. The number of hydrogen-bond donors (Lipinski definition) is 2. The number of rotatable bonds is 1. The van der Waals surface area contributed by atoms with Crippen molar-refractivity contribution in [2.45, 2.75) is 13.8 Å². The highest BCUT2D eigenvalue weighted by Gasteiger charge is 2.16. The molecule has 0 spiro atoms. The molecule has 0 aliphatic carbocycles. The summed E-state index contributed by atoms with van der Waals surface area (Å²) in [4.78, 5) is 14.5. The zero-order valence-corrected chi connectivity index (χ0v) is 8.01. The standard InChI is InChI=1S/C8H9ClN2O2/c1-3-5(8(12)13)7(9)11-4(2)6(3)10/h10H2,1-2H3,(H,12,13). The van der Waals surface area contributed by atoms with E-state index < -0.39 is 5.97 Å². The second-order valence-electron chi connectivity index (χ2n) is 2.71. The molecule has 1 aromatic rings. The number of halogens is 1. The molecule has 0 saturated carbocycles. The van der Waals surface area contributed by atoms with Crippen LogP contribution < -0.4 is 5.73 Å². The van der Waals surface area contributed by atoms with Crippen molar-refractivity contribution in [1.29, 1.82) is 0 Å². The first-order valence-corrected chi connectivity index (χ1v) is 3.98. The molecule has 0 bridgehead atoms. The third kappa shape index (κ3) is 1.58. The number of carbonyl (C=O) groups is 1. The van der Waals surface area contributed by atoms with E-state index in [1.54, 1.807) is 13.8 Å². The summed E-state index contributed by atoms with van der Waals surface area (Å²) in [5, 5.41) is 8.76. The van der Waals surface area contributed by atoms with Crippen molar-refractivity contribution in [2.24, 2.45) is 0 Å². The lowest BCUT2D eigenvalue weighted by molar-refractivity contribution is 0.0696. The van der Waals surface area contributed by atoms with Crippen molar-refractivity contribution in [3.8, 4) is 0 Å². The second kappa shape index (κ2) is 3.22. The van der Waals surface area contributed by atoms with Crippen molar-refractivity contribution in [1.82, 2.24) is 4.98 Å². The Balaban J connectivity index is 3.53. The number of carboxylic acid groups (broad SMARTS) is 1. The van der Waals surface area contributed by atoms with E-state index >= 15 is 0 Å². The molecule has 0 aliphatic heterocycles. The van der Waals surface area contributed by atoms with Crippen LogP contribution in [0.25, 0.3) is 0 Å². The van der Waals surface area contributed by atoms with Crippen LogP contribution in [-0.2, 0) is 0 Å². The quantitative estimate of drug-likeness (QED) is 0.676. The van der Waals surface area contributed by atoms with Gasteiger partial charge in [0.1, 0.15) is 10.7 Å². The molecule has 5 heteroatoms. The van der Waals surface area contributed by atoms with E-state index in [9.17, 15) is 4.79 Å². The molecule has 0 amide bonds. The van der Waals surface area contributed by atoms with Gasteiger partial charge >= 0.3 is 5.97 Å². The van der Waals surface area contributed by atoms with E-state index in [2.05, 4.69) is 4.98 Å². The van der Waals surface area contributed by atoms with Crippen LogP contribution in [0.5, 0.6) is 0 Å². The van der Waals surface area contributed by atoms with Crippen LogP contribution in [0.15, 0.2) is 0 Å². The van der Waals surface area contributed by atoms with Crippen molar-refractivity contribution in [3.63, 3.8) is 0 Å². The highest BCUT2D eigenvalue weighted by Crippen LogP contribution is 2.24. The lowest BCUT2D eigenvalue weighted by Crippen LogP contribution is -2.07. The SMILES string of the molecule is Cc1nc(Cl)c(C(=O)O)c(C)c1N. The van der Waals surface area contributed by atoms with Crippen molar-refractivity contribution < 1.29 is 9.90 Å². The maximum absolute atomic E-state index is 10.7. The van der Waals surface area contributed by atoms with Crippen LogP contribution >= 0.6 is 11.6 Å². The molecule has 70 valence electrons. The Morgan fingerprint density at radius 3 is 2.54 bits per heavy atom. The number of pyridine rings is 1. The van der Waals surface area contributed by atoms with Crippen LogP contribution in [0, 0.1) is 13.8 Å². The Bertz CT molecular complexity index is 377. The molecule has 1 rings (SSSR count). The third-order valence-electron chi connectivity index (χ3n) is 1.85. The van der Waals surface area contributed by atoms with Gasteiger partial charge in [-0.25, -0.2) is 9.78 Å². The first kappa shape index (κ1) is 9.80. The van der Waals surface area contributed by atoms with Gasteiger partial charge in [-0.15, -0.1) is 0 Å². The minimum absolute atomic E-state index is 0.0169. The summed E-state index contributed by atoms with van der Waals surface area (Å²) in [6.45, 7) is 3.29. The first-order chi connectivity index (χ1) is 5.95. The molecule has 0 aromatic carbocycles.